The van der Waals surface area contributed by atoms with E-state index in [0.717, 1.165) is 25.9 Å². The van der Waals surface area contributed by atoms with Crippen molar-refractivity contribution in [1.82, 2.24) is 10.2 Å². The molecule has 1 fully saturated rings. The van der Waals surface area contributed by atoms with Crippen LogP contribution in [-0.4, -0.2) is 35.5 Å². The average Bonchev–Trinajstić information content (AvgIpc) is 2.43. The summed E-state index contributed by atoms with van der Waals surface area (Å²) in [6, 6.07) is 10.8. The van der Waals surface area contributed by atoms with Crippen LogP contribution in [0.5, 0.6) is 0 Å². The molecule has 1 saturated heterocycles. The van der Waals surface area contributed by atoms with Crippen LogP contribution in [-0.2, 0) is 11.3 Å². The number of nitrogens with two attached hydrogens (primary N) is 1. The molecule has 1 amide bonds. The first-order valence-electron chi connectivity index (χ1n) is 7.40. The van der Waals surface area contributed by atoms with Gasteiger partial charge in [-0.2, -0.15) is 0 Å². The summed E-state index contributed by atoms with van der Waals surface area (Å²) in [6.07, 6.45) is 1.99. The highest BCUT2D eigenvalue weighted by atomic mass is 16.2. The number of amides is 1. The molecule has 3 atom stereocenters. The summed E-state index contributed by atoms with van der Waals surface area (Å²) in [5.74, 6) is -0.0429. The van der Waals surface area contributed by atoms with Crippen molar-refractivity contribution in [2.75, 3.05) is 6.54 Å². The van der Waals surface area contributed by atoms with E-state index >= 15 is 0 Å². The highest BCUT2D eigenvalue weighted by Crippen LogP contribution is 2.19. The van der Waals surface area contributed by atoms with Crippen LogP contribution in [0.4, 0.5) is 0 Å². The first kappa shape index (κ1) is 15.0. The number of likely N-dealkylation sites (tertiary alicyclic amines) is 1. The molecule has 3 N–H and O–H groups in total. The maximum atomic E-state index is 11.6. The minimum atomic E-state index is -0.423. The first-order chi connectivity index (χ1) is 9.56. The van der Waals surface area contributed by atoms with E-state index in [2.05, 4.69) is 41.4 Å². The summed E-state index contributed by atoms with van der Waals surface area (Å²) in [7, 11) is 0. The highest BCUT2D eigenvalue weighted by molar-refractivity contribution is 5.81. The number of carbonyl (C=O) groups excluding carboxylic acids is 1. The van der Waals surface area contributed by atoms with Crippen LogP contribution in [0.3, 0.4) is 0 Å². The predicted molar refractivity (Wildman–Crippen MR) is 81.1 cm³/mol. The number of nitrogens with one attached hydrogen (secondary N) is 1. The second-order valence-corrected chi connectivity index (χ2v) is 5.82. The first-order valence-corrected chi connectivity index (χ1v) is 7.40. The fraction of sp³-hybridized carbons (Fsp3) is 0.562. The van der Waals surface area contributed by atoms with Crippen molar-refractivity contribution in [1.29, 1.82) is 0 Å². The standard InChI is InChI=1S/C16H25N3O/c1-12-10-15(18-16(20)13(2)17)8-9-19(12)11-14-6-4-3-5-7-14/h3-7,12-13,15H,8-11,17H2,1-2H3,(H,18,20)/t12?,13-,15?/m1/s1. The largest absolute Gasteiger partial charge is 0.352 e. The summed E-state index contributed by atoms with van der Waals surface area (Å²) >= 11 is 0. The van der Waals surface area contributed by atoms with E-state index in [-0.39, 0.29) is 11.9 Å². The molecular weight excluding hydrogens is 250 g/mol. The molecule has 110 valence electrons. The second kappa shape index (κ2) is 6.86. The summed E-state index contributed by atoms with van der Waals surface area (Å²) < 4.78 is 0. The molecule has 1 heterocycles. The molecule has 0 saturated carbocycles. The molecular formula is C16H25N3O. The quantitative estimate of drug-likeness (QED) is 0.875. The van der Waals surface area contributed by atoms with Gasteiger partial charge in [0.05, 0.1) is 6.04 Å². The fourth-order valence-electron chi connectivity index (χ4n) is 2.74. The van der Waals surface area contributed by atoms with Crippen molar-refractivity contribution in [3.63, 3.8) is 0 Å². The van der Waals surface area contributed by atoms with E-state index in [0.29, 0.717) is 6.04 Å². The molecule has 0 bridgehead atoms. The van der Waals surface area contributed by atoms with Crippen molar-refractivity contribution in [2.45, 2.75) is 51.4 Å². The summed E-state index contributed by atoms with van der Waals surface area (Å²) in [5, 5.41) is 3.04. The minimum absolute atomic E-state index is 0.0429. The van der Waals surface area contributed by atoms with E-state index in [1.54, 1.807) is 6.92 Å². The number of rotatable bonds is 4. The summed E-state index contributed by atoms with van der Waals surface area (Å²) in [5.41, 5.74) is 6.94. The highest BCUT2D eigenvalue weighted by Gasteiger charge is 2.26. The number of piperidine rings is 1. The molecule has 20 heavy (non-hydrogen) atoms. The van der Waals surface area contributed by atoms with Crippen LogP contribution in [0.15, 0.2) is 30.3 Å². The van der Waals surface area contributed by atoms with Crippen molar-refractivity contribution in [3.05, 3.63) is 35.9 Å². The van der Waals surface area contributed by atoms with Gasteiger partial charge in [-0.05, 0) is 32.3 Å². The third kappa shape index (κ3) is 4.05. The smallest absolute Gasteiger partial charge is 0.236 e. The molecule has 4 heteroatoms. The van der Waals surface area contributed by atoms with Crippen LogP contribution in [0.2, 0.25) is 0 Å². The Bertz CT molecular complexity index is 433. The van der Waals surface area contributed by atoms with Gasteiger partial charge in [0.1, 0.15) is 0 Å². The molecule has 0 spiro atoms. The number of benzene rings is 1. The Kier molecular flexibility index (Phi) is 5.15. The van der Waals surface area contributed by atoms with Gasteiger partial charge in [-0.15, -0.1) is 0 Å². The van der Waals surface area contributed by atoms with E-state index < -0.39 is 6.04 Å². The topological polar surface area (TPSA) is 58.4 Å². The fourth-order valence-corrected chi connectivity index (χ4v) is 2.74. The van der Waals surface area contributed by atoms with Crippen LogP contribution >= 0.6 is 0 Å². The molecule has 1 aromatic rings. The second-order valence-electron chi connectivity index (χ2n) is 5.82. The van der Waals surface area contributed by atoms with Crippen molar-refractivity contribution >= 4 is 5.91 Å². The van der Waals surface area contributed by atoms with Gasteiger partial charge >= 0.3 is 0 Å². The lowest BCUT2D eigenvalue weighted by molar-refractivity contribution is -0.123. The van der Waals surface area contributed by atoms with E-state index in [1.807, 2.05) is 6.07 Å². The number of hydrogen-bond acceptors (Lipinski definition) is 3. The molecule has 2 unspecified atom stereocenters. The molecule has 1 aliphatic heterocycles. The lowest BCUT2D eigenvalue weighted by atomic mass is 9.97. The maximum Gasteiger partial charge on any atom is 0.236 e. The third-order valence-electron chi connectivity index (χ3n) is 4.00. The maximum absolute atomic E-state index is 11.6. The SMILES string of the molecule is CC1CC(NC(=O)[C@@H](C)N)CCN1Cc1ccccc1. The van der Waals surface area contributed by atoms with Crippen LogP contribution in [0.1, 0.15) is 32.3 Å². The Morgan fingerprint density at radius 3 is 2.75 bits per heavy atom. The van der Waals surface area contributed by atoms with Crippen molar-refractivity contribution < 1.29 is 4.79 Å². The van der Waals surface area contributed by atoms with Gasteiger partial charge in [-0.3, -0.25) is 9.69 Å². The Morgan fingerprint density at radius 2 is 2.15 bits per heavy atom. The van der Waals surface area contributed by atoms with Gasteiger partial charge in [-0.25, -0.2) is 0 Å². The van der Waals surface area contributed by atoms with E-state index in [1.165, 1.54) is 5.56 Å². The van der Waals surface area contributed by atoms with Crippen LogP contribution in [0.25, 0.3) is 0 Å². The predicted octanol–water partition coefficient (Wildman–Crippen LogP) is 1.50. The lowest BCUT2D eigenvalue weighted by Crippen LogP contribution is -2.51. The van der Waals surface area contributed by atoms with Crippen molar-refractivity contribution in [3.8, 4) is 0 Å². The molecule has 1 aromatic carbocycles. The normalized spacial score (nSPS) is 25.1. The van der Waals surface area contributed by atoms with E-state index in [9.17, 15) is 4.79 Å². The van der Waals surface area contributed by atoms with Crippen LogP contribution < -0.4 is 11.1 Å². The molecule has 0 aromatic heterocycles. The minimum Gasteiger partial charge on any atom is -0.352 e. The molecule has 0 aliphatic carbocycles. The lowest BCUT2D eigenvalue weighted by Gasteiger charge is -2.38. The monoisotopic (exact) mass is 275 g/mol. The van der Waals surface area contributed by atoms with Gasteiger partial charge in [0.15, 0.2) is 0 Å². The van der Waals surface area contributed by atoms with Crippen molar-refractivity contribution in [2.24, 2.45) is 5.73 Å². The number of hydrogen-bond donors (Lipinski definition) is 2. The zero-order chi connectivity index (χ0) is 14.5. The molecule has 2 rings (SSSR count). The number of carbonyl (C=O) groups is 1. The average molecular weight is 275 g/mol. The van der Waals surface area contributed by atoms with Gasteiger partial charge in [0.25, 0.3) is 0 Å². The Morgan fingerprint density at radius 1 is 1.45 bits per heavy atom. The van der Waals surface area contributed by atoms with Gasteiger partial charge in [0.2, 0.25) is 5.91 Å². The Hall–Kier alpha value is -1.39. The summed E-state index contributed by atoms with van der Waals surface area (Å²) in [4.78, 5) is 14.1. The van der Waals surface area contributed by atoms with Gasteiger partial charge in [-0.1, -0.05) is 30.3 Å². The Balaban J connectivity index is 1.85. The van der Waals surface area contributed by atoms with E-state index in [4.69, 9.17) is 5.73 Å². The van der Waals surface area contributed by atoms with Gasteiger partial charge in [0, 0.05) is 25.2 Å². The Labute approximate surface area is 121 Å². The third-order valence-corrected chi connectivity index (χ3v) is 4.00. The molecule has 1 aliphatic rings. The zero-order valence-electron chi connectivity index (χ0n) is 12.4. The number of nitrogens with zero attached hydrogens (tertiary/aromatic N) is 1. The summed E-state index contributed by atoms with van der Waals surface area (Å²) in [6.45, 7) is 5.95. The molecule has 4 nitrogen and oxygen atoms in total. The molecule has 0 radical (unpaired) electrons. The van der Waals surface area contributed by atoms with Gasteiger partial charge < -0.3 is 11.1 Å². The zero-order valence-corrected chi connectivity index (χ0v) is 12.4. The van der Waals surface area contributed by atoms with Crippen LogP contribution in [0, 0.1) is 0 Å².